The van der Waals surface area contributed by atoms with Crippen LogP contribution in [-0.4, -0.2) is 17.2 Å². The summed E-state index contributed by atoms with van der Waals surface area (Å²) in [5, 5.41) is 8.52. The fourth-order valence-electron chi connectivity index (χ4n) is 0.863. The summed E-state index contributed by atoms with van der Waals surface area (Å²) < 4.78 is 0. The van der Waals surface area contributed by atoms with E-state index in [-0.39, 0.29) is 5.70 Å². The van der Waals surface area contributed by atoms with Crippen molar-refractivity contribution in [2.24, 2.45) is 4.99 Å². The van der Waals surface area contributed by atoms with Crippen molar-refractivity contribution in [1.82, 2.24) is 0 Å². The van der Waals surface area contributed by atoms with Gasteiger partial charge in [0.1, 0.15) is 0 Å². The van der Waals surface area contributed by atoms with E-state index in [1.54, 1.807) is 0 Å². The number of carboxylic acids is 1. The number of carboxylic acid groups (broad SMARTS) is 1. The number of hydrogen-bond donors (Lipinski definition) is 1. The van der Waals surface area contributed by atoms with Gasteiger partial charge in [-0.15, -0.1) is 0 Å². The quantitative estimate of drug-likeness (QED) is 0.296. The summed E-state index contributed by atoms with van der Waals surface area (Å²) in [5.41, 5.74) is -0.217. The monoisotopic (exact) mass is 183 g/mol. The lowest BCUT2D eigenvalue weighted by atomic mass is 10.2. The molecular formula is C9H13NO3. The predicted molar refractivity (Wildman–Crippen MR) is 48.0 cm³/mol. The first-order valence-electron chi connectivity index (χ1n) is 4.23. The lowest BCUT2D eigenvalue weighted by Gasteiger charge is -1.93. The van der Waals surface area contributed by atoms with Crippen LogP contribution < -0.4 is 0 Å². The number of unbranched alkanes of at least 4 members (excludes halogenated alkanes) is 3. The highest BCUT2D eigenvalue weighted by molar-refractivity contribution is 5.87. The molecule has 0 aromatic carbocycles. The third kappa shape index (κ3) is 5.82. The molecular weight excluding hydrogens is 170 g/mol. The Morgan fingerprint density at radius 2 is 2.23 bits per heavy atom. The average Bonchev–Trinajstić information content (AvgIpc) is 2.10. The van der Waals surface area contributed by atoms with Gasteiger partial charge >= 0.3 is 5.97 Å². The van der Waals surface area contributed by atoms with Gasteiger partial charge in [-0.1, -0.05) is 25.8 Å². The highest BCUT2D eigenvalue weighted by atomic mass is 16.4. The van der Waals surface area contributed by atoms with Crippen molar-refractivity contribution in [3.05, 3.63) is 11.8 Å². The van der Waals surface area contributed by atoms with E-state index < -0.39 is 5.97 Å². The molecule has 0 heterocycles. The SMILES string of the molecule is CCCCC/C=C(/N=C=O)C(=O)O. The van der Waals surface area contributed by atoms with Gasteiger partial charge < -0.3 is 5.11 Å². The van der Waals surface area contributed by atoms with Crippen molar-refractivity contribution < 1.29 is 14.7 Å². The van der Waals surface area contributed by atoms with Gasteiger partial charge in [-0.25, -0.2) is 9.59 Å². The van der Waals surface area contributed by atoms with Crippen LogP contribution in [0.15, 0.2) is 16.8 Å². The van der Waals surface area contributed by atoms with Gasteiger partial charge in [0.25, 0.3) is 0 Å². The normalized spacial score (nSPS) is 10.7. The highest BCUT2D eigenvalue weighted by Gasteiger charge is 2.03. The van der Waals surface area contributed by atoms with Gasteiger partial charge in [-0.2, -0.15) is 4.99 Å². The van der Waals surface area contributed by atoms with Crippen LogP contribution in [0.3, 0.4) is 0 Å². The van der Waals surface area contributed by atoms with Crippen molar-refractivity contribution >= 4 is 12.0 Å². The number of carbonyl (C=O) groups is 1. The minimum atomic E-state index is -1.18. The molecule has 0 rings (SSSR count). The molecule has 0 aliphatic rings. The van der Waals surface area contributed by atoms with Gasteiger partial charge in [-0.05, 0) is 12.8 Å². The zero-order valence-corrected chi connectivity index (χ0v) is 7.62. The molecule has 4 nitrogen and oxygen atoms in total. The second-order valence-electron chi connectivity index (χ2n) is 2.59. The Hall–Kier alpha value is -1.41. The first-order chi connectivity index (χ1) is 6.22. The summed E-state index contributed by atoms with van der Waals surface area (Å²) in [7, 11) is 0. The number of hydrogen-bond acceptors (Lipinski definition) is 3. The largest absolute Gasteiger partial charge is 0.476 e. The molecule has 0 aliphatic heterocycles. The molecule has 0 radical (unpaired) electrons. The second-order valence-corrected chi connectivity index (χ2v) is 2.59. The molecule has 0 aromatic heterocycles. The summed E-state index contributed by atoms with van der Waals surface area (Å²) in [4.78, 5) is 23.3. The molecule has 0 saturated carbocycles. The second kappa shape index (κ2) is 7.25. The summed E-state index contributed by atoms with van der Waals surface area (Å²) >= 11 is 0. The van der Waals surface area contributed by atoms with Gasteiger partial charge in [0, 0.05) is 0 Å². The molecule has 0 fully saturated rings. The maximum atomic E-state index is 10.4. The Morgan fingerprint density at radius 1 is 1.54 bits per heavy atom. The Morgan fingerprint density at radius 3 is 2.69 bits per heavy atom. The van der Waals surface area contributed by atoms with Crippen molar-refractivity contribution in [2.75, 3.05) is 0 Å². The van der Waals surface area contributed by atoms with Crippen LogP contribution in [0.5, 0.6) is 0 Å². The van der Waals surface area contributed by atoms with Crippen LogP contribution in [0.4, 0.5) is 0 Å². The third-order valence-corrected chi connectivity index (χ3v) is 1.53. The Bertz CT molecular complexity index is 235. The fraction of sp³-hybridized carbons (Fsp3) is 0.556. The van der Waals surface area contributed by atoms with Crippen LogP contribution in [0.2, 0.25) is 0 Å². The van der Waals surface area contributed by atoms with Crippen molar-refractivity contribution in [3.63, 3.8) is 0 Å². The topological polar surface area (TPSA) is 66.7 Å². The fourth-order valence-corrected chi connectivity index (χ4v) is 0.863. The summed E-state index contributed by atoms with van der Waals surface area (Å²) in [5.74, 6) is -1.18. The molecule has 72 valence electrons. The summed E-state index contributed by atoms with van der Waals surface area (Å²) in [6.45, 7) is 2.06. The molecule has 0 saturated heterocycles. The number of allylic oxidation sites excluding steroid dienone is 1. The van der Waals surface area contributed by atoms with E-state index in [1.807, 2.05) is 0 Å². The molecule has 0 spiro atoms. The van der Waals surface area contributed by atoms with E-state index in [0.717, 1.165) is 19.3 Å². The number of rotatable bonds is 6. The third-order valence-electron chi connectivity index (χ3n) is 1.53. The minimum Gasteiger partial charge on any atom is -0.476 e. The molecule has 13 heavy (non-hydrogen) atoms. The smallest absolute Gasteiger partial charge is 0.355 e. The molecule has 0 unspecified atom stereocenters. The van der Waals surface area contributed by atoms with Gasteiger partial charge in [-0.3, -0.25) is 0 Å². The highest BCUT2D eigenvalue weighted by Crippen LogP contribution is 2.04. The zero-order valence-electron chi connectivity index (χ0n) is 7.62. The molecule has 4 heteroatoms. The first-order valence-corrected chi connectivity index (χ1v) is 4.23. The average molecular weight is 183 g/mol. The van der Waals surface area contributed by atoms with E-state index in [4.69, 9.17) is 5.11 Å². The summed E-state index contributed by atoms with van der Waals surface area (Å²) in [6.07, 6.45) is 6.35. The van der Waals surface area contributed by atoms with Crippen LogP contribution in [-0.2, 0) is 9.59 Å². The molecule has 0 aliphatic carbocycles. The van der Waals surface area contributed by atoms with Crippen LogP contribution in [0.1, 0.15) is 32.6 Å². The predicted octanol–water partition coefficient (Wildman–Crippen LogP) is 1.87. The maximum absolute atomic E-state index is 10.4. The van der Waals surface area contributed by atoms with Gasteiger partial charge in [0.05, 0.1) is 0 Å². The summed E-state index contributed by atoms with van der Waals surface area (Å²) in [6, 6.07) is 0. The number of nitrogens with zero attached hydrogens (tertiary/aromatic N) is 1. The zero-order chi connectivity index (χ0) is 10.1. The van der Waals surface area contributed by atoms with E-state index >= 15 is 0 Å². The van der Waals surface area contributed by atoms with Crippen molar-refractivity contribution in [2.45, 2.75) is 32.6 Å². The molecule has 0 atom stereocenters. The standard InChI is InChI=1S/C9H13NO3/c1-2-3-4-5-6-8(9(12)13)10-7-11/h6H,2-5H2,1H3,(H,12,13)/b8-6+. The number of carbonyl (C=O) groups excluding carboxylic acids is 1. The first kappa shape index (κ1) is 11.6. The molecule has 0 amide bonds. The van der Waals surface area contributed by atoms with E-state index in [1.165, 1.54) is 12.2 Å². The number of aliphatic carboxylic acids is 1. The van der Waals surface area contributed by atoms with E-state index in [9.17, 15) is 9.59 Å². The van der Waals surface area contributed by atoms with E-state index in [2.05, 4.69) is 11.9 Å². The molecule has 0 aromatic rings. The lowest BCUT2D eigenvalue weighted by molar-refractivity contribution is -0.132. The van der Waals surface area contributed by atoms with Crippen LogP contribution in [0, 0.1) is 0 Å². The number of isocyanates is 1. The van der Waals surface area contributed by atoms with Gasteiger partial charge in [0.15, 0.2) is 5.70 Å². The molecule has 1 N–H and O–H groups in total. The van der Waals surface area contributed by atoms with Crippen molar-refractivity contribution in [3.8, 4) is 0 Å². The lowest BCUT2D eigenvalue weighted by Crippen LogP contribution is -1.97. The minimum absolute atomic E-state index is 0.217. The van der Waals surface area contributed by atoms with Gasteiger partial charge in [0.2, 0.25) is 6.08 Å². The Balaban J connectivity index is 4.05. The number of aliphatic imine (C=N–C) groups is 1. The Labute approximate surface area is 77.0 Å². The Kier molecular flexibility index (Phi) is 6.46. The maximum Gasteiger partial charge on any atom is 0.355 e. The molecule has 0 bridgehead atoms. The van der Waals surface area contributed by atoms with E-state index in [0.29, 0.717) is 6.42 Å². The van der Waals surface area contributed by atoms with Crippen molar-refractivity contribution in [1.29, 1.82) is 0 Å². The van der Waals surface area contributed by atoms with Crippen LogP contribution >= 0.6 is 0 Å². The van der Waals surface area contributed by atoms with Crippen LogP contribution in [0.25, 0.3) is 0 Å².